The Morgan fingerprint density at radius 2 is 2.17 bits per heavy atom. The Morgan fingerprint density at radius 1 is 1.39 bits per heavy atom. The molecule has 2 aromatic rings. The van der Waals surface area contributed by atoms with Crippen molar-refractivity contribution >= 4 is 22.8 Å². The van der Waals surface area contributed by atoms with E-state index in [-0.39, 0.29) is 6.04 Å². The highest BCUT2D eigenvalue weighted by Crippen LogP contribution is 2.22. The summed E-state index contributed by atoms with van der Waals surface area (Å²) >= 11 is 1.83. The van der Waals surface area contributed by atoms with E-state index in [2.05, 4.69) is 35.9 Å². The van der Waals surface area contributed by atoms with Crippen LogP contribution in [0.25, 0.3) is 11.0 Å². The van der Waals surface area contributed by atoms with Crippen LogP contribution in [0.15, 0.2) is 24.3 Å². The molecule has 0 radical (unpaired) electrons. The predicted molar refractivity (Wildman–Crippen MR) is 80.0 cm³/mol. The zero-order valence-corrected chi connectivity index (χ0v) is 11.9. The van der Waals surface area contributed by atoms with Crippen LogP contribution in [0.2, 0.25) is 0 Å². The van der Waals surface area contributed by atoms with Gasteiger partial charge < -0.3 is 10.3 Å². The third kappa shape index (κ3) is 2.70. The van der Waals surface area contributed by atoms with E-state index < -0.39 is 0 Å². The quantitative estimate of drug-likeness (QED) is 0.870. The fourth-order valence-electron chi connectivity index (χ4n) is 2.21. The second-order valence-corrected chi connectivity index (χ2v) is 5.48. The molecule has 1 unspecified atom stereocenters. The monoisotopic (exact) mass is 263 g/mol. The first-order valence-electron chi connectivity index (χ1n) is 6.47. The number of hydrogen-bond acceptors (Lipinski definition) is 3. The fourth-order valence-corrected chi connectivity index (χ4v) is 2.70. The van der Waals surface area contributed by atoms with E-state index in [9.17, 15) is 0 Å². The van der Waals surface area contributed by atoms with E-state index in [0.717, 1.165) is 36.5 Å². The largest absolute Gasteiger partial charge is 0.327 e. The molecule has 0 aliphatic heterocycles. The molecule has 0 aliphatic rings. The molecular weight excluding hydrogens is 242 g/mol. The van der Waals surface area contributed by atoms with E-state index in [1.54, 1.807) is 0 Å². The summed E-state index contributed by atoms with van der Waals surface area (Å²) in [5, 5.41) is 0. The van der Waals surface area contributed by atoms with Crippen molar-refractivity contribution in [1.29, 1.82) is 0 Å². The Bertz CT molecular complexity index is 507. The molecule has 0 fully saturated rings. The van der Waals surface area contributed by atoms with Gasteiger partial charge in [-0.1, -0.05) is 19.1 Å². The van der Waals surface area contributed by atoms with E-state index in [1.165, 1.54) is 5.52 Å². The van der Waals surface area contributed by atoms with Crippen LogP contribution in [0.3, 0.4) is 0 Å². The third-order valence-electron chi connectivity index (χ3n) is 3.10. The molecule has 4 heteroatoms. The van der Waals surface area contributed by atoms with Crippen molar-refractivity contribution in [3.8, 4) is 0 Å². The maximum Gasteiger partial charge on any atom is 0.126 e. The number of aryl methyl sites for hydroxylation is 1. The van der Waals surface area contributed by atoms with Crippen molar-refractivity contribution in [1.82, 2.24) is 9.55 Å². The molecule has 98 valence electrons. The number of fused-ring (bicyclic) bond motifs is 1. The highest BCUT2D eigenvalue weighted by molar-refractivity contribution is 7.98. The minimum atomic E-state index is 0.0383. The van der Waals surface area contributed by atoms with Crippen LogP contribution >= 0.6 is 11.8 Å². The molecule has 18 heavy (non-hydrogen) atoms. The molecule has 0 aliphatic carbocycles. The number of imidazole rings is 1. The molecule has 1 aromatic heterocycles. The molecule has 0 amide bonds. The number of hydrogen-bond donors (Lipinski definition) is 1. The number of thioether (sulfide) groups is 1. The van der Waals surface area contributed by atoms with Gasteiger partial charge in [-0.3, -0.25) is 0 Å². The smallest absolute Gasteiger partial charge is 0.126 e. The molecule has 2 N–H and O–H groups in total. The van der Waals surface area contributed by atoms with Crippen molar-refractivity contribution in [2.24, 2.45) is 5.73 Å². The van der Waals surface area contributed by atoms with Gasteiger partial charge in [0.1, 0.15) is 5.82 Å². The Hall–Kier alpha value is -1.00. The highest BCUT2D eigenvalue weighted by Gasteiger charge is 2.15. The van der Waals surface area contributed by atoms with E-state index in [4.69, 9.17) is 10.7 Å². The second-order valence-electron chi connectivity index (χ2n) is 4.50. The maximum absolute atomic E-state index is 6.28. The van der Waals surface area contributed by atoms with E-state index >= 15 is 0 Å². The molecule has 0 saturated heterocycles. The van der Waals surface area contributed by atoms with Gasteiger partial charge in [0.25, 0.3) is 0 Å². The average Bonchev–Trinajstić information content (AvgIpc) is 2.76. The predicted octanol–water partition coefficient (Wildman–Crippen LogP) is 3.20. The second kappa shape index (κ2) is 6.25. The number of nitrogens with two attached hydrogens (primary N) is 1. The number of benzene rings is 1. The van der Waals surface area contributed by atoms with Crippen LogP contribution in [-0.2, 0) is 6.54 Å². The zero-order chi connectivity index (χ0) is 13.0. The van der Waals surface area contributed by atoms with Crippen LogP contribution in [0.1, 0.15) is 31.6 Å². The zero-order valence-electron chi connectivity index (χ0n) is 11.1. The SMILES string of the molecule is CCCn1c(C(N)CCSC)nc2ccccc21. The minimum absolute atomic E-state index is 0.0383. The van der Waals surface area contributed by atoms with Gasteiger partial charge >= 0.3 is 0 Å². The molecule has 2 rings (SSSR count). The Morgan fingerprint density at radius 3 is 2.89 bits per heavy atom. The van der Waals surface area contributed by atoms with Crippen LogP contribution < -0.4 is 5.73 Å². The molecule has 3 nitrogen and oxygen atoms in total. The van der Waals surface area contributed by atoms with Crippen LogP contribution in [0.4, 0.5) is 0 Å². The molecule has 1 aromatic carbocycles. The van der Waals surface area contributed by atoms with Crippen LogP contribution in [0, 0.1) is 0 Å². The van der Waals surface area contributed by atoms with Gasteiger partial charge in [-0.15, -0.1) is 0 Å². The van der Waals surface area contributed by atoms with Gasteiger partial charge in [0, 0.05) is 6.54 Å². The van der Waals surface area contributed by atoms with Crippen molar-refractivity contribution in [3.05, 3.63) is 30.1 Å². The number of aromatic nitrogens is 2. The van der Waals surface area contributed by atoms with Gasteiger partial charge in [-0.25, -0.2) is 4.98 Å². The summed E-state index contributed by atoms with van der Waals surface area (Å²) in [7, 11) is 0. The Kier molecular flexibility index (Phi) is 4.66. The van der Waals surface area contributed by atoms with Crippen molar-refractivity contribution in [2.75, 3.05) is 12.0 Å². The van der Waals surface area contributed by atoms with Gasteiger partial charge in [-0.05, 0) is 37.0 Å². The van der Waals surface area contributed by atoms with Crippen molar-refractivity contribution in [2.45, 2.75) is 32.4 Å². The average molecular weight is 263 g/mol. The summed E-state index contributed by atoms with van der Waals surface area (Å²) in [6, 6.07) is 8.32. The molecule has 0 saturated carbocycles. The summed E-state index contributed by atoms with van der Waals surface area (Å²) in [6.07, 6.45) is 4.19. The first kappa shape index (κ1) is 13.4. The lowest BCUT2D eigenvalue weighted by Crippen LogP contribution is -2.17. The minimum Gasteiger partial charge on any atom is -0.327 e. The Balaban J connectivity index is 2.38. The standard InChI is InChI=1S/C14H21N3S/c1-3-9-17-13-7-5-4-6-12(13)16-14(17)11(15)8-10-18-2/h4-7,11H,3,8-10,15H2,1-2H3. The number of nitrogens with zero attached hydrogens (tertiary/aromatic N) is 2. The summed E-state index contributed by atoms with van der Waals surface area (Å²) in [4.78, 5) is 4.71. The topological polar surface area (TPSA) is 43.8 Å². The van der Waals surface area contributed by atoms with Crippen molar-refractivity contribution in [3.63, 3.8) is 0 Å². The first-order chi connectivity index (χ1) is 8.77. The van der Waals surface area contributed by atoms with E-state index in [0.29, 0.717) is 0 Å². The van der Waals surface area contributed by atoms with Crippen LogP contribution in [-0.4, -0.2) is 21.6 Å². The lowest BCUT2D eigenvalue weighted by Gasteiger charge is -2.13. The van der Waals surface area contributed by atoms with Crippen LogP contribution in [0.5, 0.6) is 0 Å². The number of rotatable bonds is 6. The highest BCUT2D eigenvalue weighted by atomic mass is 32.2. The summed E-state index contributed by atoms with van der Waals surface area (Å²) in [5.41, 5.74) is 8.54. The normalized spacial score (nSPS) is 13.1. The molecule has 1 heterocycles. The Labute approximate surface area is 113 Å². The first-order valence-corrected chi connectivity index (χ1v) is 7.87. The van der Waals surface area contributed by atoms with E-state index in [1.807, 2.05) is 17.8 Å². The van der Waals surface area contributed by atoms with Gasteiger partial charge in [0.15, 0.2) is 0 Å². The summed E-state index contributed by atoms with van der Waals surface area (Å²) in [6.45, 7) is 3.18. The number of para-hydroxylation sites is 2. The molecular formula is C14H21N3S. The molecule has 1 atom stereocenters. The van der Waals surface area contributed by atoms with Crippen molar-refractivity contribution < 1.29 is 0 Å². The van der Waals surface area contributed by atoms with Gasteiger partial charge in [-0.2, -0.15) is 11.8 Å². The molecule has 0 bridgehead atoms. The van der Waals surface area contributed by atoms with Gasteiger partial charge in [0.05, 0.1) is 17.1 Å². The molecule has 0 spiro atoms. The maximum atomic E-state index is 6.28. The third-order valence-corrected chi connectivity index (χ3v) is 3.74. The van der Waals surface area contributed by atoms with Gasteiger partial charge in [0.2, 0.25) is 0 Å². The lowest BCUT2D eigenvalue weighted by molar-refractivity contribution is 0.578. The summed E-state index contributed by atoms with van der Waals surface area (Å²) < 4.78 is 2.28. The summed E-state index contributed by atoms with van der Waals surface area (Å²) in [5.74, 6) is 2.11. The lowest BCUT2D eigenvalue weighted by atomic mass is 10.2. The fraction of sp³-hybridized carbons (Fsp3) is 0.500.